The summed E-state index contributed by atoms with van der Waals surface area (Å²) in [4.78, 5) is 16.9. The molecule has 5 heteroatoms. The maximum atomic E-state index is 11.1. The van der Waals surface area contributed by atoms with Gasteiger partial charge in [0, 0.05) is 26.0 Å². The first-order chi connectivity index (χ1) is 8.19. The second-order valence-corrected chi connectivity index (χ2v) is 3.73. The maximum Gasteiger partial charge on any atom is 0.323 e. The number of ether oxygens (including phenoxy) is 1. The summed E-state index contributed by atoms with van der Waals surface area (Å²) in [6.45, 7) is 3.36. The predicted molar refractivity (Wildman–Crippen MR) is 63.6 cm³/mol. The molecule has 0 aliphatic rings. The summed E-state index contributed by atoms with van der Waals surface area (Å²) in [5.41, 5.74) is 1.05. The van der Waals surface area contributed by atoms with Crippen LogP contribution in [0, 0.1) is 0 Å². The average Bonchev–Trinajstić information content (AvgIpc) is 2.34. The Morgan fingerprint density at radius 3 is 2.65 bits per heavy atom. The molecule has 1 aromatic rings. The number of aliphatic carboxylic acids is 1. The van der Waals surface area contributed by atoms with E-state index in [2.05, 4.69) is 4.98 Å². The van der Waals surface area contributed by atoms with E-state index in [1.807, 2.05) is 24.0 Å². The standard InChI is InChI=1S/C12H18N2O3/c1-3-14(11(9-17-2)12(15)16)8-10-4-6-13-7-5-10/h4-7,11H,3,8-9H2,1-2H3,(H,15,16). The molecule has 1 N–H and O–H groups in total. The molecule has 0 radical (unpaired) electrons. The Balaban J connectivity index is 2.72. The Hall–Kier alpha value is -1.46. The monoisotopic (exact) mass is 238 g/mol. The first-order valence-electron chi connectivity index (χ1n) is 5.53. The van der Waals surface area contributed by atoms with Crippen molar-refractivity contribution < 1.29 is 14.6 Å². The SMILES string of the molecule is CCN(Cc1ccncc1)C(COC)C(=O)O. The van der Waals surface area contributed by atoms with Crippen LogP contribution < -0.4 is 0 Å². The van der Waals surface area contributed by atoms with Gasteiger partial charge in [0.1, 0.15) is 6.04 Å². The minimum absolute atomic E-state index is 0.189. The summed E-state index contributed by atoms with van der Waals surface area (Å²) in [5.74, 6) is -0.859. The zero-order valence-corrected chi connectivity index (χ0v) is 10.2. The fourth-order valence-electron chi connectivity index (χ4n) is 1.66. The molecule has 94 valence electrons. The Bertz CT molecular complexity index is 343. The topological polar surface area (TPSA) is 62.7 Å². The van der Waals surface area contributed by atoms with Gasteiger partial charge in [-0.1, -0.05) is 6.92 Å². The molecule has 1 heterocycles. The lowest BCUT2D eigenvalue weighted by atomic mass is 10.2. The molecule has 0 spiro atoms. The van der Waals surface area contributed by atoms with Crippen LogP contribution in [0.1, 0.15) is 12.5 Å². The van der Waals surface area contributed by atoms with Crippen LogP contribution in [-0.4, -0.2) is 47.3 Å². The summed E-state index contributed by atoms with van der Waals surface area (Å²) >= 11 is 0. The smallest absolute Gasteiger partial charge is 0.323 e. The number of carboxylic acids is 1. The van der Waals surface area contributed by atoms with Gasteiger partial charge in [0.15, 0.2) is 0 Å². The molecule has 0 aromatic carbocycles. The zero-order chi connectivity index (χ0) is 12.7. The number of carboxylic acid groups (broad SMARTS) is 1. The fourth-order valence-corrected chi connectivity index (χ4v) is 1.66. The third-order valence-corrected chi connectivity index (χ3v) is 2.59. The lowest BCUT2D eigenvalue weighted by molar-refractivity contribution is -0.145. The van der Waals surface area contributed by atoms with Crippen molar-refractivity contribution in [1.82, 2.24) is 9.88 Å². The molecular formula is C12H18N2O3. The highest BCUT2D eigenvalue weighted by atomic mass is 16.5. The number of pyridine rings is 1. The second kappa shape index (κ2) is 6.98. The van der Waals surface area contributed by atoms with Gasteiger partial charge in [-0.25, -0.2) is 0 Å². The van der Waals surface area contributed by atoms with E-state index in [1.165, 1.54) is 7.11 Å². The summed E-state index contributed by atoms with van der Waals surface area (Å²) < 4.78 is 4.95. The normalized spacial score (nSPS) is 12.6. The van der Waals surface area contributed by atoms with E-state index in [0.29, 0.717) is 13.1 Å². The van der Waals surface area contributed by atoms with Crippen LogP contribution in [0.15, 0.2) is 24.5 Å². The first-order valence-corrected chi connectivity index (χ1v) is 5.53. The van der Waals surface area contributed by atoms with Gasteiger partial charge < -0.3 is 9.84 Å². The van der Waals surface area contributed by atoms with Gasteiger partial charge in [0.25, 0.3) is 0 Å². The molecular weight excluding hydrogens is 220 g/mol. The molecule has 0 fully saturated rings. The molecule has 1 aromatic heterocycles. The van der Waals surface area contributed by atoms with Crippen molar-refractivity contribution in [3.63, 3.8) is 0 Å². The molecule has 1 rings (SSSR count). The van der Waals surface area contributed by atoms with Crippen molar-refractivity contribution in [2.24, 2.45) is 0 Å². The van der Waals surface area contributed by atoms with E-state index in [-0.39, 0.29) is 6.61 Å². The van der Waals surface area contributed by atoms with Crippen LogP contribution >= 0.6 is 0 Å². The second-order valence-electron chi connectivity index (χ2n) is 3.73. The molecule has 0 aliphatic carbocycles. The number of carbonyl (C=O) groups is 1. The quantitative estimate of drug-likeness (QED) is 0.768. The highest BCUT2D eigenvalue weighted by Gasteiger charge is 2.24. The van der Waals surface area contributed by atoms with Crippen molar-refractivity contribution in [2.75, 3.05) is 20.3 Å². The van der Waals surface area contributed by atoms with E-state index in [1.54, 1.807) is 12.4 Å². The molecule has 0 saturated carbocycles. The van der Waals surface area contributed by atoms with E-state index >= 15 is 0 Å². The van der Waals surface area contributed by atoms with E-state index in [0.717, 1.165) is 5.56 Å². The number of nitrogens with zero attached hydrogens (tertiary/aromatic N) is 2. The van der Waals surface area contributed by atoms with Gasteiger partial charge >= 0.3 is 5.97 Å². The number of likely N-dealkylation sites (N-methyl/N-ethyl adjacent to an activating group) is 1. The van der Waals surface area contributed by atoms with Gasteiger partial charge in [0.2, 0.25) is 0 Å². The molecule has 17 heavy (non-hydrogen) atoms. The van der Waals surface area contributed by atoms with Crippen LogP contribution in [0.5, 0.6) is 0 Å². The molecule has 0 saturated heterocycles. The number of methoxy groups -OCH3 is 1. The van der Waals surface area contributed by atoms with Crippen molar-refractivity contribution >= 4 is 5.97 Å². The minimum atomic E-state index is -0.859. The minimum Gasteiger partial charge on any atom is -0.480 e. The van der Waals surface area contributed by atoms with Crippen LogP contribution in [-0.2, 0) is 16.1 Å². The molecule has 0 amide bonds. The van der Waals surface area contributed by atoms with Crippen molar-refractivity contribution in [3.05, 3.63) is 30.1 Å². The molecule has 1 unspecified atom stereocenters. The lowest BCUT2D eigenvalue weighted by Crippen LogP contribution is -2.43. The summed E-state index contributed by atoms with van der Waals surface area (Å²) in [6.07, 6.45) is 3.41. The third-order valence-electron chi connectivity index (χ3n) is 2.59. The Morgan fingerprint density at radius 1 is 1.53 bits per heavy atom. The predicted octanol–water partition coefficient (Wildman–Crippen LogP) is 1.00. The van der Waals surface area contributed by atoms with Gasteiger partial charge in [0.05, 0.1) is 6.61 Å². The Kier molecular flexibility index (Phi) is 5.59. The largest absolute Gasteiger partial charge is 0.480 e. The molecule has 5 nitrogen and oxygen atoms in total. The fraction of sp³-hybridized carbons (Fsp3) is 0.500. The zero-order valence-electron chi connectivity index (χ0n) is 10.2. The number of aromatic nitrogens is 1. The highest BCUT2D eigenvalue weighted by Crippen LogP contribution is 2.08. The van der Waals surface area contributed by atoms with Crippen molar-refractivity contribution in [1.29, 1.82) is 0 Å². The van der Waals surface area contributed by atoms with E-state index in [9.17, 15) is 4.79 Å². The number of rotatable bonds is 7. The van der Waals surface area contributed by atoms with Crippen LogP contribution in [0.4, 0.5) is 0 Å². The van der Waals surface area contributed by atoms with Gasteiger partial charge in [-0.15, -0.1) is 0 Å². The van der Waals surface area contributed by atoms with Crippen LogP contribution in [0.25, 0.3) is 0 Å². The van der Waals surface area contributed by atoms with Crippen LogP contribution in [0.2, 0.25) is 0 Å². The van der Waals surface area contributed by atoms with Gasteiger partial charge in [-0.3, -0.25) is 14.7 Å². The Morgan fingerprint density at radius 2 is 2.18 bits per heavy atom. The first kappa shape index (κ1) is 13.6. The summed E-state index contributed by atoms with van der Waals surface area (Å²) in [7, 11) is 1.51. The van der Waals surface area contributed by atoms with Gasteiger partial charge in [-0.2, -0.15) is 0 Å². The molecule has 0 bridgehead atoms. The number of hydrogen-bond donors (Lipinski definition) is 1. The Labute approximate surface area is 101 Å². The van der Waals surface area contributed by atoms with Crippen molar-refractivity contribution in [3.8, 4) is 0 Å². The molecule has 1 atom stereocenters. The van der Waals surface area contributed by atoms with E-state index < -0.39 is 12.0 Å². The highest BCUT2D eigenvalue weighted by molar-refractivity contribution is 5.73. The van der Waals surface area contributed by atoms with E-state index in [4.69, 9.17) is 9.84 Å². The average molecular weight is 238 g/mol. The summed E-state index contributed by atoms with van der Waals surface area (Å²) in [6, 6.07) is 3.15. The maximum absolute atomic E-state index is 11.1. The lowest BCUT2D eigenvalue weighted by Gasteiger charge is -2.26. The summed E-state index contributed by atoms with van der Waals surface area (Å²) in [5, 5.41) is 9.15. The van der Waals surface area contributed by atoms with Crippen molar-refractivity contribution in [2.45, 2.75) is 19.5 Å². The van der Waals surface area contributed by atoms with Crippen LogP contribution in [0.3, 0.4) is 0 Å². The van der Waals surface area contributed by atoms with Gasteiger partial charge in [-0.05, 0) is 24.2 Å². The molecule has 0 aliphatic heterocycles. The number of hydrogen-bond acceptors (Lipinski definition) is 4. The third kappa shape index (κ3) is 4.13.